The number of nitrogens with one attached hydrogen (secondary N) is 1. The number of aryl methyl sites for hydroxylation is 1. The molecule has 168 valence electrons. The monoisotopic (exact) mass is 477 g/mol. The summed E-state index contributed by atoms with van der Waals surface area (Å²) in [5.74, 6) is -2.66. The van der Waals surface area contributed by atoms with Gasteiger partial charge in [0, 0.05) is 6.54 Å². The number of carbonyl (C=O) groups excluding carboxylic acids is 2. The van der Waals surface area contributed by atoms with E-state index in [1.165, 1.54) is 42.5 Å². The van der Waals surface area contributed by atoms with Gasteiger partial charge in [-0.15, -0.1) is 0 Å². The van der Waals surface area contributed by atoms with E-state index < -0.39 is 27.9 Å². The molecule has 1 amide bonds. The van der Waals surface area contributed by atoms with Gasteiger partial charge in [-0.3, -0.25) is 4.79 Å². The van der Waals surface area contributed by atoms with Crippen LogP contribution < -0.4 is 5.32 Å². The molecular weight excluding hydrogens is 459 g/mol. The summed E-state index contributed by atoms with van der Waals surface area (Å²) in [4.78, 5) is 22.4. The van der Waals surface area contributed by atoms with E-state index in [-0.39, 0.29) is 39.9 Å². The van der Waals surface area contributed by atoms with Crippen LogP contribution in [0.25, 0.3) is 0 Å². The maximum Gasteiger partial charge on any atom is 0.471 e. The van der Waals surface area contributed by atoms with Gasteiger partial charge >= 0.3 is 18.1 Å². The van der Waals surface area contributed by atoms with E-state index in [0.29, 0.717) is 12.0 Å². The molecule has 0 saturated carbocycles. The fraction of sp³-hybridized carbons (Fsp3) is 0.300. The van der Waals surface area contributed by atoms with Gasteiger partial charge in [0.15, 0.2) is 0 Å². The molecule has 0 aromatic heterocycles. The average molecular weight is 478 g/mol. The first kappa shape index (κ1) is 24.7. The molecule has 0 aliphatic carbocycles. The Hall–Kier alpha value is -2.59. The Labute approximate surface area is 182 Å². The summed E-state index contributed by atoms with van der Waals surface area (Å²) in [6.07, 6.45) is -4.33. The van der Waals surface area contributed by atoms with Gasteiger partial charge in [0.05, 0.1) is 27.0 Å². The Morgan fingerprint density at radius 3 is 2.23 bits per heavy atom. The zero-order chi connectivity index (χ0) is 23.2. The fourth-order valence-corrected chi connectivity index (χ4v) is 4.21. The number of esters is 1. The molecule has 2 aromatic rings. The van der Waals surface area contributed by atoms with Gasteiger partial charge in [-0.05, 0) is 55.7 Å². The third kappa shape index (κ3) is 6.44. The Balaban J connectivity index is 2.05. The summed E-state index contributed by atoms with van der Waals surface area (Å²) in [6.45, 7) is 1.62. The number of ether oxygens (including phenoxy) is 1. The number of sulfone groups is 1. The van der Waals surface area contributed by atoms with Crippen molar-refractivity contribution in [3.05, 3.63) is 58.6 Å². The molecular formula is C20H19ClF3NO5S. The van der Waals surface area contributed by atoms with Crippen molar-refractivity contribution in [2.45, 2.75) is 35.7 Å². The van der Waals surface area contributed by atoms with Gasteiger partial charge in [0.25, 0.3) is 0 Å². The van der Waals surface area contributed by atoms with E-state index >= 15 is 0 Å². The molecule has 0 radical (unpaired) electrons. The van der Waals surface area contributed by atoms with Gasteiger partial charge in [0.1, 0.15) is 0 Å². The predicted molar refractivity (Wildman–Crippen MR) is 107 cm³/mol. The third-order valence-corrected chi connectivity index (χ3v) is 6.25. The van der Waals surface area contributed by atoms with Crippen molar-refractivity contribution in [1.29, 1.82) is 0 Å². The minimum Gasteiger partial charge on any atom is -0.462 e. The zero-order valence-electron chi connectivity index (χ0n) is 16.3. The van der Waals surface area contributed by atoms with Gasteiger partial charge in [-0.1, -0.05) is 23.7 Å². The maximum absolute atomic E-state index is 12.8. The Morgan fingerprint density at radius 2 is 1.68 bits per heavy atom. The SMILES string of the molecule is CCOC(=O)c1ccc(S(=O)(=O)c2ccc(CCCNC(=O)C(F)(F)F)cc2)cc1Cl. The van der Waals surface area contributed by atoms with Crippen molar-refractivity contribution >= 4 is 33.3 Å². The smallest absolute Gasteiger partial charge is 0.462 e. The number of halogens is 4. The highest BCUT2D eigenvalue weighted by molar-refractivity contribution is 7.91. The lowest BCUT2D eigenvalue weighted by atomic mass is 10.1. The molecule has 1 N–H and O–H groups in total. The van der Waals surface area contributed by atoms with Crippen molar-refractivity contribution in [2.75, 3.05) is 13.2 Å². The minimum atomic E-state index is -4.92. The average Bonchev–Trinajstić information content (AvgIpc) is 2.70. The second-order valence-electron chi connectivity index (χ2n) is 6.37. The Morgan fingerprint density at radius 1 is 1.06 bits per heavy atom. The molecule has 0 aliphatic rings. The molecule has 0 spiro atoms. The number of alkyl halides is 3. The summed E-state index contributed by atoms with van der Waals surface area (Å²) in [5.41, 5.74) is 0.742. The number of rotatable bonds is 8. The fourth-order valence-electron chi connectivity index (χ4n) is 2.60. The molecule has 0 aliphatic heterocycles. The Kier molecular flexibility index (Phi) is 8.08. The second-order valence-corrected chi connectivity index (χ2v) is 8.72. The molecule has 2 rings (SSSR count). The highest BCUT2D eigenvalue weighted by Crippen LogP contribution is 2.26. The minimum absolute atomic E-state index is 0.0124. The van der Waals surface area contributed by atoms with Crippen LogP contribution in [0.15, 0.2) is 52.3 Å². The molecule has 0 bridgehead atoms. The first-order valence-electron chi connectivity index (χ1n) is 9.12. The van der Waals surface area contributed by atoms with Gasteiger partial charge < -0.3 is 10.1 Å². The van der Waals surface area contributed by atoms with Gasteiger partial charge in [0.2, 0.25) is 9.84 Å². The van der Waals surface area contributed by atoms with E-state index in [0.717, 1.165) is 0 Å². The predicted octanol–water partition coefficient (Wildman–Crippen LogP) is 3.96. The molecule has 31 heavy (non-hydrogen) atoms. The molecule has 0 unspecified atom stereocenters. The highest BCUT2D eigenvalue weighted by Gasteiger charge is 2.38. The van der Waals surface area contributed by atoms with Crippen LogP contribution in [0.5, 0.6) is 0 Å². The standard InChI is InChI=1S/C20H19ClF3NO5S/c1-2-30-18(26)16-10-9-15(12-17(16)21)31(28,29)14-7-5-13(6-8-14)4-3-11-25-19(27)20(22,23)24/h5-10,12H,2-4,11H2,1H3,(H,25,27). The van der Waals surface area contributed by atoms with Crippen LogP contribution in [0.4, 0.5) is 13.2 Å². The first-order chi connectivity index (χ1) is 14.5. The van der Waals surface area contributed by atoms with Crippen LogP contribution in [-0.4, -0.2) is 39.6 Å². The molecule has 0 fully saturated rings. The topological polar surface area (TPSA) is 89.5 Å². The van der Waals surface area contributed by atoms with Crippen molar-refractivity contribution < 1.29 is 35.9 Å². The third-order valence-electron chi connectivity index (χ3n) is 4.17. The van der Waals surface area contributed by atoms with Gasteiger partial charge in [-0.25, -0.2) is 13.2 Å². The number of amides is 1. The largest absolute Gasteiger partial charge is 0.471 e. The van der Waals surface area contributed by atoms with Crippen LogP contribution in [0.3, 0.4) is 0 Å². The molecule has 11 heteroatoms. The summed E-state index contributed by atoms with van der Waals surface area (Å²) in [6, 6.07) is 9.50. The quantitative estimate of drug-likeness (QED) is 0.459. The number of benzene rings is 2. The van der Waals surface area contributed by atoms with E-state index in [1.54, 1.807) is 12.2 Å². The van der Waals surface area contributed by atoms with E-state index in [9.17, 15) is 31.2 Å². The lowest BCUT2D eigenvalue weighted by Gasteiger charge is -2.09. The van der Waals surface area contributed by atoms with Gasteiger partial charge in [-0.2, -0.15) is 13.2 Å². The molecule has 6 nitrogen and oxygen atoms in total. The zero-order valence-corrected chi connectivity index (χ0v) is 17.9. The number of hydrogen-bond acceptors (Lipinski definition) is 5. The van der Waals surface area contributed by atoms with Crippen molar-refractivity contribution in [2.24, 2.45) is 0 Å². The van der Waals surface area contributed by atoms with Crippen molar-refractivity contribution in [1.82, 2.24) is 5.32 Å². The van der Waals surface area contributed by atoms with Crippen LogP contribution in [0, 0.1) is 0 Å². The summed E-state index contributed by atoms with van der Waals surface area (Å²) >= 11 is 6.03. The maximum atomic E-state index is 12.8. The first-order valence-corrected chi connectivity index (χ1v) is 11.0. The number of carbonyl (C=O) groups is 2. The van der Waals surface area contributed by atoms with Crippen molar-refractivity contribution in [3.63, 3.8) is 0 Å². The molecule has 0 atom stereocenters. The summed E-state index contributed by atoms with van der Waals surface area (Å²) in [5, 5.41) is 1.71. The van der Waals surface area contributed by atoms with Crippen LogP contribution in [0.2, 0.25) is 5.02 Å². The lowest BCUT2D eigenvalue weighted by Crippen LogP contribution is -2.37. The molecule has 0 saturated heterocycles. The summed E-state index contributed by atoms with van der Waals surface area (Å²) in [7, 11) is -3.90. The number of hydrogen-bond donors (Lipinski definition) is 1. The van der Waals surface area contributed by atoms with E-state index in [2.05, 4.69) is 0 Å². The Bertz CT molecular complexity index is 1050. The van der Waals surface area contributed by atoms with E-state index in [1.807, 2.05) is 0 Å². The van der Waals surface area contributed by atoms with Crippen LogP contribution in [0.1, 0.15) is 29.3 Å². The van der Waals surface area contributed by atoms with E-state index in [4.69, 9.17) is 16.3 Å². The summed E-state index contributed by atoms with van der Waals surface area (Å²) < 4.78 is 66.8. The molecule has 0 heterocycles. The van der Waals surface area contributed by atoms with Crippen molar-refractivity contribution in [3.8, 4) is 0 Å². The van der Waals surface area contributed by atoms with Crippen LogP contribution in [-0.2, 0) is 25.8 Å². The molecule has 2 aromatic carbocycles. The normalized spacial score (nSPS) is 11.8. The lowest BCUT2D eigenvalue weighted by molar-refractivity contribution is -0.173. The highest BCUT2D eigenvalue weighted by atomic mass is 35.5. The second kappa shape index (κ2) is 10.1. The van der Waals surface area contributed by atoms with Crippen LogP contribution >= 0.6 is 11.6 Å².